The van der Waals surface area contributed by atoms with Crippen molar-refractivity contribution >= 4 is 17.6 Å². The summed E-state index contributed by atoms with van der Waals surface area (Å²) >= 11 is 0. The maximum Gasteiger partial charge on any atom is 0.254 e. The average molecular weight is 385 g/mol. The van der Waals surface area contributed by atoms with Gasteiger partial charge < -0.3 is 4.90 Å². The normalized spacial score (nSPS) is 15.3. The van der Waals surface area contributed by atoms with Crippen LogP contribution in [0.15, 0.2) is 84.9 Å². The van der Waals surface area contributed by atoms with Gasteiger partial charge in [-0.15, -0.1) is 0 Å². The smallest absolute Gasteiger partial charge is 0.254 e. The summed E-state index contributed by atoms with van der Waals surface area (Å²) in [5.74, 6) is 0.232. The summed E-state index contributed by atoms with van der Waals surface area (Å²) in [5.41, 5.74) is 3.82. The molecular formula is C26H24FNO. The molecule has 4 rings (SSSR count). The maximum atomic E-state index is 13.4. The Morgan fingerprint density at radius 1 is 0.828 bits per heavy atom. The molecule has 0 radical (unpaired) electrons. The Morgan fingerprint density at radius 2 is 1.41 bits per heavy atom. The van der Waals surface area contributed by atoms with Crippen LogP contribution < -0.4 is 0 Å². The Labute approximate surface area is 171 Å². The quantitative estimate of drug-likeness (QED) is 0.412. The van der Waals surface area contributed by atoms with Crippen molar-refractivity contribution in [2.24, 2.45) is 0 Å². The Bertz CT molecular complexity index is 972. The van der Waals surface area contributed by atoms with Crippen molar-refractivity contribution in [1.82, 2.24) is 4.90 Å². The predicted octanol–water partition coefficient (Wildman–Crippen LogP) is 5.77. The predicted molar refractivity (Wildman–Crippen MR) is 116 cm³/mol. The van der Waals surface area contributed by atoms with Gasteiger partial charge in [0.1, 0.15) is 5.82 Å². The van der Waals surface area contributed by atoms with Gasteiger partial charge in [-0.3, -0.25) is 4.79 Å². The second kappa shape index (κ2) is 8.87. The molecule has 1 fully saturated rings. The molecule has 1 saturated heterocycles. The fraction of sp³-hybridized carbons (Fsp3) is 0.192. The lowest BCUT2D eigenvalue weighted by atomic mass is 9.89. The van der Waals surface area contributed by atoms with Gasteiger partial charge in [-0.1, -0.05) is 72.8 Å². The number of likely N-dealkylation sites (tertiary alicyclic amines) is 1. The van der Waals surface area contributed by atoms with Crippen molar-refractivity contribution in [1.29, 1.82) is 0 Å². The summed E-state index contributed by atoms with van der Waals surface area (Å²) in [6, 6.07) is 26.6. The lowest BCUT2D eigenvalue weighted by Crippen LogP contribution is -2.38. The molecule has 0 unspecified atom stereocenters. The minimum Gasteiger partial charge on any atom is -0.339 e. The van der Waals surface area contributed by atoms with E-state index in [9.17, 15) is 9.18 Å². The summed E-state index contributed by atoms with van der Waals surface area (Å²) in [4.78, 5) is 15.3. The van der Waals surface area contributed by atoms with Crippen molar-refractivity contribution in [2.45, 2.75) is 18.8 Å². The average Bonchev–Trinajstić information content (AvgIpc) is 2.79. The number of hydrogen-bond donors (Lipinski definition) is 0. The first kappa shape index (κ1) is 19.1. The molecule has 3 aromatic carbocycles. The number of nitrogens with zero attached hydrogens (tertiary/aromatic N) is 1. The fourth-order valence-corrected chi connectivity index (χ4v) is 3.92. The number of amides is 1. The molecule has 2 nitrogen and oxygen atoms in total. The molecule has 3 heteroatoms. The minimum atomic E-state index is -0.208. The maximum absolute atomic E-state index is 13.4. The van der Waals surface area contributed by atoms with Gasteiger partial charge in [0.15, 0.2) is 0 Å². The highest BCUT2D eigenvalue weighted by Gasteiger charge is 2.26. The van der Waals surface area contributed by atoms with Crippen LogP contribution in [0.1, 0.15) is 35.4 Å². The molecule has 0 atom stereocenters. The molecule has 1 aliphatic rings. The van der Waals surface area contributed by atoms with E-state index in [-0.39, 0.29) is 11.7 Å². The van der Waals surface area contributed by atoms with E-state index in [0.29, 0.717) is 19.0 Å². The standard InChI is InChI=1S/C26H24FNO/c27-24-13-11-21(12-14-24)22-15-17-28(18-16-22)26(29)25(23-9-5-2-6-10-23)19-20-7-3-1-4-8-20/h1-14,19,22H,15-18H2/b25-19+. The van der Waals surface area contributed by atoms with E-state index >= 15 is 0 Å². The molecule has 0 bridgehead atoms. The van der Waals surface area contributed by atoms with E-state index in [2.05, 4.69) is 0 Å². The van der Waals surface area contributed by atoms with E-state index in [1.165, 1.54) is 12.1 Å². The molecule has 0 saturated carbocycles. The Kier molecular flexibility index (Phi) is 5.85. The van der Waals surface area contributed by atoms with Crippen LogP contribution >= 0.6 is 0 Å². The lowest BCUT2D eigenvalue weighted by molar-refractivity contribution is -0.125. The number of hydrogen-bond acceptors (Lipinski definition) is 1. The molecule has 1 aliphatic heterocycles. The largest absolute Gasteiger partial charge is 0.339 e. The molecule has 1 amide bonds. The summed E-state index contributed by atoms with van der Waals surface area (Å²) in [6.07, 6.45) is 3.76. The van der Waals surface area contributed by atoms with Gasteiger partial charge in [0, 0.05) is 18.7 Å². The Balaban J connectivity index is 1.53. The third kappa shape index (κ3) is 4.62. The first-order chi connectivity index (χ1) is 14.2. The summed E-state index contributed by atoms with van der Waals surface area (Å²) in [7, 11) is 0. The highest BCUT2D eigenvalue weighted by Crippen LogP contribution is 2.30. The molecule has 0 spiro atoms. The van der Waals surface area contributed by atoms with E-state index in [4.69, 9.17) is 0 Å². The summed E-state index contributed by atoms with van der Waals surface area (Å²) in [6.45, 7) is 1.42. The van der Waals surface area contributed by atoms with Gasteiger partial charge in [0.2, 0.25) is 0 Å². The molecule has 3 aromatic rings. The van der Waals surface area contributed by atoms with Gasteiger partial charge in [-0.25, -0.2) is 4.39 Å². The number of carbonyl (C=O) groups excluding carboxylic acids is 1. The van der Waals surface area contributed by atoms with Gasteiger partial charge in [0.05, 0.1) is 0 Å². The summed E-state index contributed by atoms with van der Waals surface area (Å²) in [5, 5.41) is 0. The second-order valence-electron chi connectivity index (χ2n) is 7.45. The minimum absolute atomic E-state index is 0.0672. The van der Waals surface area contributed by atoms with Crippen LogP contribution in [0.3, 0.4) is 0 Å². The van der Waals surface area contributed by atoms with E-state index in [1.54, 1.807) is 0 Å². The van der Waals surface area contributed by atoms with Gasteiger partial charge in [0.25, 0.3) is 5.91 Å². The van der Waals surface area contributed by atoms with Crippen LogP contribution in [0.5, 0.6) is 0 Å². The van der Waals surface area contributed by atoms with Crippen LogP contribution in [0.2, 0.25) is 0 Å². The number of rotatable bonds is 4. The van der Waals surface area contributed by atoms with Crippen LogP contribution in [-0.4, -0.2) is 23.9 Å². The zero-order valence-corrected chi connectivity index (χ0v) is 16.3. The molecule has 1 heterocycles. The zero-order valence-electron chi connectivity index (χ0n) is 16.3. The van der Waals surface area contributed by atoms with Crippen molar-refractivity contribution in [3.05, 3.63) is 107 Å². The number of benzene rings is 3. The third-order valence-electron chi connectivity index (χ3n) is 5.55. The number of carbonyl (C=O) groups is 1. The lowest BCUT2D eigenvalue weighted by Gasteiger charge is -2.33. The van der Waals surface area contributed by atoms with Crippen molar-refractivity contribution in [3.63, 3.8) is 0 Å². The number of halogens is 1. The molecule has 0 aliphatic carbocycles. The number of piperidine rings is 1. The van der Waals surface area contributed by atoms with Gasteiger partial charge >= 0.3 is 0 Å². The fourth-order valence-electron chi connectivity index (χ4n) is 3.92. The van der Waals surface area contributed by atoms with Crippen molar-refractivity contribution in [3.8, 4) is 0 Å². The zero-order chi connectivity index (χ0) is 20.1. The Hall–Kier alpha value is -3.20. The van der Waals surface area contributed by atoms with Crippen LogP contribution in [0.25, 0.3) is 11.6 Å². The molecule has 0 N–H and O–H groups in total. The second-order valence-corrected chi connectivity index (χ2v) is 7.45. The SMILES string of the molecule is O=C(/C(=C/c1ccccc1)c1ccccc1)N1CCC(c2ccc(F)cc2)CC1. The van der Waals surface area contributed by atoms with Crippen LogP contribution in [-0.2, 0) is 4.79 Å². The highest BCUT2D eigenvalue weighted by molar-refractivity contribution is 6.24. The summed E-state index contributed by atoms with van der Waals surface area (Å²) < 4.78 is 13.2. The third-order valence-corrected chi connectivity index (χ3v) is 5.55. The van der Waals surface area contributed by atoms with Crippen LogP contribution in [0.4, 0.5) is 4.39 Å². The monoisotopic (exact) mass is 385 g/mol. The van der Waals surface area contributed by atoms with E-state index < -0.39 is 0 Å². The molecule has 146 valence electrons. The van der Waals surface area contributed by atoms with Crippen molar-refractivity contribution in [2.75, 3.05) is 13.1 Å². The molecule has 0 aromatic heterocycles. The highest BCUT2D eigenvalue weighted by atomic mass is 19.1. The molecular weight excluding hydrogens is 361 g/mol. The molecule has 29 heavy (non-hydrogen) atoms. The topological polar surface area (TPSA) is 20.3 Å². The first-order valence-electron chi connectivity index (χ1n) is 10.1. The van der Waals surface area contributed by atoms with E-state index in [0.717, 1.165) is 35.1 Å². The van der Waals surface area contributed by atoms with Gasteiger partial charge in [-0.05, 0) is 53.7 Å². The first-order valence-corrected chi connectivity index (χ1v) is 10.1. The van der Waals surface area contributed by atoms with E-state index in [1.807, 2.05) is 83.8 Å². The van der Waals surface area contributed by atoms with Crippen molar-refractivity contribution < 1.29 is 9.18 Å². The Morgan fingerprint density at radius 3 is 2.03 bits per heavy atom. The van der Waals surface area contributed by atoms with Crippen LogP contribution in [0, 0.1) is 5.82 Å². The van der Waals surface area contributed by atoms with Gasteiger partial charge in [-0.2, -0.15) is 0 Å².